The Morgan fingerprint density at radius 2 is 1.96 bits per heavy atom. The first-order valence-corrected chi connectivity index (χ1v) is 9.25. The summed E-state index contributed by atoms with van der Waals surface area (Å²) in [5.74, 6) is 2.05. The summed E-state index contributed by atoms with van der Waals surface area (Å²) in [6.07, 6.45) is 7.98. The summed E-state index contributed by atoms with van der Waals surface area (Å²) in [5.41, 5.74) is 2.38. The molecule has 0 spiro atoms. The number of aromatic nitrogens is 2. The van der Waals surface area contributed by atoms with Gasteiger partial charge in [-0.25, -0.2) is 4.68 Å². The van der Waals surface area contributed by atoms with Crippen molar-refractivity contribution >= 4 is 41.7 Å². The van der Waals surface area contributed by atoms with Gasteiger partial charge in [0.2, 0.25) is 0 Å². The molecule has 2 aromatic rings. The van der Waals surface area contributed by atoms with Crippen LogP contribution in [0.25, 0.3) is 5.69 Å². The Kier molecular flexibility index (Phi) is 10.6. The van der Waals surface area contributed by atoms with E-state index in [4.69, 9.17) is 0 Å². The van der Waals surface area contributed by atoms with Crippen LogP contribution in [-0.2, 0) is 6.42 Å². The number of nitrogens with zero attached hydrogens (tertiary/aromatic N) is 3. The average Bonchev–Trinajstić information content (AvgIpc) is 3.12. The maximum absolute atomic E-state index is 4.24. The predicted molar refractivity (Wildman–Crippen MR) is 115 cm³/mol. The van der Waals surface area contributed by atoms with Crippen LogP contribution in [0.15, 0.2) is 47.7 Å². The molecular formula is C17H26IN5S. The fraction of sp³-hybridized carbons (Fsp3) is 0.412. The molecule has 2 rings (SSSR count). The molecule has 7 heteroatoms. The molecule has 5 nitrogen and oxygen atoms in total. The number of halogens is 1. The van der Waals surface area contributed by atoms with Gasteiger partial charge in [0.1, 0.15) is 0 Å². The van der Waals surface area contributed by atoms with Gasteiger partial charge in [0, 0.05) is 32.5 Å². The van der Waals surface area contributed by atoms with Crippen LogP contribution < -0.4 is 10.6 Å². The number of guanidine groups is 1. The zero-order chi connectivity index (χ0) is 16.3. The summed E-state index contributed by atoms with van der Waals surface area (Å²) in [6.45, 7) is 1.82. The SMILES string of the molecule is CN=C(NCCCSC)NCCc1ccc(-n2cccn2)cc1.I. The summed E-state index contributed by atoms with van der Waals surface area (Å²) in [6, 6.07) is 10.4. The van der Waals surface area contributed by atoms with Crippen molar-refractivity contribution in [3.05, 3.63) is 48.3 Å². The summed E-state index contributed by atoms with van der Waals surface area (Å²) in [4.78, 5) is 4.24. The molecule has 0 atom stereocenters. The molecule has 0 bridgehead atoms. The van der Waals surface area contributed by atoms with E-state index in [9.17, 15) is 0 Å². The molecule has 1 heterocycles. The third-order valence-electron chi connectivity index (χ3n) is 3.45. The van der Waals surface area contributed by atoms with Crippen molar-refractivity contribution in [1.29, 1.82) is 0 Å². The van der Waals surface area contributed by atoms with E-state index in [-0.39, 0.29) is 24.0 Å². The largest absolute Gasteiger partial charge is 0.356 e. The molecule has 1 aromatic heterocycles. The topological polar surface area (TPSA) is 54.2 Å². The van der Waals surface area contributed by atoms with Crippen LogP contribution in [0.3, 0.4) is 0 Å². The third kappa shape index (κ3) is 7.12. The van der Waals surface area contributed by atoms with Gasteiger partial charge in [-0.1, -0.05) is 12.1 Å². The van der Waals surface area contributed by atoms with Crippen LogP contribution in [0.1, 0.15) is 12.0 Å². The normalized spacial score (nSPS) is 11.0. The van der Waals surface area contributed by atoms with Crippen molar-refractivity contribution in [3.8, 4) is 5.69 Å². The van der Waals surface area contributed by atoms with Crippen molar-refractivity contribution in [1.82, 2.24) is 20.4 Å². The Morgan fingerprint density at radius 1 is 1.21 bits per heavy atom. The fourth-order valence-corrected chi connectivity index (χ4v) is 2.64. The lowest BCUT2D eigenvalue weighted by atomic mass is 10.1. The van der Waals surface area contributed by atoms with Gasteiger partial charge in [-0.3, -0.25) is 4.99 Å². The quantitative estimate of drug-likeness (QED) is 0.276. The smallest absolute Gasteiger partial charge is 0.190 e. The first-order valence-electron chi connectivity index (χ1n) is 7.86. The molecule has 1 aromatic carbocycles. The molecule has 0 saturated heterocycles. The van der Waals surface area contributed by atoms with Gasteiger partial charge >= 0.3 is 0 Å². The van der Waals surface area contributed by atoms with Crippen LogP contribution in [-0.4, -0.2) is 47.9 Å². The van der Waals surface area contributed by atoms with Crippen LogP contribution in [0.5, 0.6) is 0 Å². The van der Waals surface area contributed by atoms with E-state index in [1.807, 2.05) is 35.8 Å². The molecule has 0 aliphatic carbocycles. The van der Waals surface area contributed by atoms with Gasteiger partial charge < -0.3 is 10.6 Å². The molecule has 0 aliphatic rings. The van der Waals surface area contributed by atoms with Gasteiger partial charge in [0.25, 0.3) is 0 Å². The van der Waals surface area contributed by atoms with Gasteiger partial charge in [0.05, 0.1) is 5.69 Å². The molecule has 24 heavy (non-hydrogen) atoms. The Morgan fingerprint density at radius 3 is 2.58 bits per heavy atom. The minimum atomic E-state index is 0. The monoisotopic (exact) mass is 459 g/mol. The molecule has 132 valence electrons. The molecule has 0 unspecified atom stereocenters. The second-order valence-corrected chi connectivity index (χ2v) is 6.12. The van der Waals surface area contributed by atoms with E-state index in [1.54, 1.807) is 6.20 Å². The number of rotatable bonds is 8. The van der Waals surface area contributed by atoms with E-state index < -0.39 is 0 Å². The zero-order valence-electron chi connectivity index (χ0n) is 14.2. The summed E-state index contributed by atoms with van der Waals surface area (Å²) < 4.78 is 1.86. The fourth-order valence-electron chi connectivity index (χ4n) is 2.21. The Balaban J connectivity index is 0.00000288. The van der Waals surface area contributed by atoms with Crippen LogP contribution in [0.2, 0.25) is 0 Å². The molecule has 0 saturated carbocycles. The second kappa shape index (κ2) is 12.2. The predicted octanol–water partition coefficient (Wildman–Crippen LogP) is 2.95. The number of hydrogen-bond donors (Lipinski definition) is 2. The highest BCUT2D eigenvalue weighted by molar-refractivity contribution is 14.0. The molecule has 0 radical (unpaired) electrons. The van der Waals surface area contributed by atoms with E-state index in [0.29, 0.717) is 0 Å². The first kappa shape index (κ1) is 20.8. The average molecular weight is 459 g/mol. The highest BCUT2D eigenvalue weighted by Gasteiger charge is 1.99. The summed E-state index contributed by atoms with van der Waals surface area (Å²) >= 11 is 1.87. The molecule has 2 N–H and O–H groups in total. The standard InChI is InChI=1S/C17H25N5S.HI/c1-18-17(19-10-4-14-23-2)20-12-9-15-5-7-16(8-6-15)22-13-3-11-21-22;/h3,5-8,11,13H,4,9-10,12,14H2,1-2H3,(H2,18,19,20);1H. The van der Waals surface area contributed by atoms with Crippen molar-refractivity contribution in [2.45, 2.75) is 12.8 Å². The lowest BCUT2D eigenvalue weighted by molar-refractivity contribution is 0.777. The van der Waals surface area contributed by atoms with Crippen LogP contribution >= 0.6 is 35.7 Å². The summed E-state index contributed by atoms with van der Waals surface area (Å²) in [7, 11) is 1.81. The molecule has 0 amide bonds. The molecule has 0 aliphatic heterocycles. The van der Waals surface area contributed by atoms with Crippen molar-refractivity contribution in [3.63, 3.8) is 0 Å². The highest BCUT2D eigenvalue weighted by atomic mass is 127. The minimum absolute atomic E-state index is 0. The van der Waals surface area contributed by atoms with Crippen molar-refractivity contribution in [2.75, 3.05) is 32.1 Å². The van der Waals surface area contributed by atoms with E-state index in [0.717, 1.165) is 37.6 Å². The Labute approximate surface area is 165 Å². The maximum atomic E-state index is 4.24. The first-order chi connectivity index (χ1) is 11.3. The maximum Gasteiger partial charge on any atom is 0.190 e. The highest BCUT2D eigenvalue weighted by Crippen LogP contribution is 2.08. The van der Waals surface area contributed by atoms with Gasteiger partial charge in [0.15, 0.2) is 5.96 Å². The zero-order valence-corrected chi connectivity index (χ0v) is 17.4. The summed E-state index contributed by atoms with van der Waals surface area (Å²) in [5, 5.41) is 10.9. The van der Waals surface area contributed by atoms with Crippen molar-refractivity contribution in [2.24, 2.45) is 4.99 Å². The Hall–Kier alpha value is -1.22. The van der Waals surface area contributed by atoms with Gasteiger partial charge in [-0.05, 0) is 48.6 Å². The number of hydrogen-bond acceptors (Lipinski definition) is 3. The van der Waals surface area contributed by atoms with Crippen molar-refractivity contribution < 1.29 is 0 Å². The van der Waals surface area contributed by atoms with Crippen LogP contribution in [0.4, 0.5) is 0 Å². The van der Waals surface area contributed by atoms with E-state index in [1.165, 1.54) is 11.3 Å². The Bertz CT molecular complexity index is 584. The molecule has 0 fully saturated rings. The third-order valence-corrected chi connectivity index (χ3v) is 4.15. The van der Waals surface area contributed by atoms with E-state index in [2.05, 4.69) is 51.2 Å². The van der Waals surface area contributed by atoms with E-state index >= 15 is 0 Å². The lowest BCUT2D eigenvalue weighted by Gasteiger charge is -2.11. The molecular weight excluding hydrogens is 433 g/mol. The lowest BCUT2D eigenvalue weighted by Crippen LogP contribution is -2.38. The minimum Gasteiger partial charge on any atom is -0.356 e. The van der Waals surface area contributed by atoms with Gasteiger partial charge in [-0.15, -0.1) is 24.0 Å². The second-order valence-electron chi connectivity index (χ2n) is 5.14. The number of thioether (sulfide) groups is 1. The van der Waals surface area contributed by atoms with Gasteiger partial charge in [-0.2, -0.15) is 16.9 Å². The number of benzene rings is 1. The number of aliphatic imine (C=N–C) groups is 1. The number of nitrogens with one attached hydrogen (secondary N) is 2. The van der Waals surface area contributed by atoms with Crippen LogP contribution in [0, 0.1) is 0 Å².